The van der Waals surface area contributed by atoms with Gasteiger partial charge in [0.15, 0.2) is 11.2 Å². The van der Waals surface area contributed by atoms with Gasteiger partial charge in [0.05, 0.1) is 104 Å². The molecule has 21 nitrogen and oxygen atoms in total. The second kappa shape index (κ2) is 35.7. The van der Waals surface area contributed by atoms with Gasteiger partial charge in [0.2, 0.25) is 5.95 Å². The zero-order valence-corrected chi connectivity index (χ0v) is 40.3. The molecule has 1 amide bonds. The number of unbranched alkanes of at least 4 members (excludes halogenated alkanes) is 1. The minimum atomic E-state index is -1.25. The van der Waals surface area contributed by atoms with Gasteiger partial charge in [-0.15, -0.1) is 25.2 Å². The molecule has 21 heteroatoms. The van der Waals surface area contributed by atoms with Crippen LogP contribution in [0.4, 0.5) is 11.6 Å². The highest BCUT2D eigenvalue weighted by Gasteiger charge is 2.33. The molecule has 71 heavy (non-hydrogen) atoms. The Morgan fingerprint density at radius 3 is 1.86 bits per heavy atom. The van der Waals surface area contributed by atoms with Crippen molar-refractivity contribution in [3.63, 3.8) is 0 Å². The quantitative estimate of drug-likeness (QED) is 0.0403. The van der Waals surface area contributed by atoms with Crippen molar-refractivity contribution in [2.45, 2.75) is 70.4 Å². The minimum Gasteiger partial charge on any atom is -0.480 e. The molecule has 6 N–H and O–H groups in total. The summed E-state index contributed by atoms with van der Waals surface area (Å²) >= 11 is 0. The van der Waals surface area contributed by atoms with E-state index < -0.39 is 28.9 Å². The van der Waals surface area contributed by atoms with Gasteiger partial charge in [-0.3, -0.25) is 24.2 Å². The summed E-state index contributed by atoms with van der Waals surface area (Å²) in [4.78, 5) is 76.9. The van der Waals surface area contributed by atoms with E-state index >= 15 is 0 Å². The molecule has 2 heterocycles. The molecule has 0 fully saturated rings. The molecule has 3 rings (SSSR count). The average Bonchev–Trinajstić information content (AvgIpc) is 3.35. The number of aliphatic carboxylic acids is 1. The standard InChI is InChI=1S/C50H67N7O14/c1-4-7-8-18-50(36-70-19-5-2,37-71-20-6-3)33-42(59)17-22-65-24-26-67-28-30-69-32-31-68-29-27-66-25-23-64-21-9-10-41(58)15-16-43(48(62)63)55-46(60)38-11-13-39(14-12-38)52-34-40-35-53-45-44(54-40)47(61)57-49(51)56-45/h1-3,11-14,35,43,52H,7-10,15-34,36-37H2,(H,55,60)(H,62,63)(H3,51,53,56,57,61)/t43-/m0/s1. The fourth-order valence-corrected chi connectivity index (χ4v) is 6.78. The molecule has 0 bridgehead atoms. The van der Waals surface area contributed by atoms with Crippen LogP contribution >= 0.6 is 0 Å². The molecule has 3 aromatic rings. The number of hydrogen-bond acceptors (Lipinski definition) is 18. The Hall–Kier alpha value is -6.32. The van der Waals surface area contributed by atoms with Crippen LogP contribution < -0.4 is 21.9 Å². The molecule has 0 aliphatic rings. The van der Waals surface area contributed by atoms with Gasteiger partial charge in [0, 0.05) is 55.4 Å². The van der Waals surface area contributed by atoms with Crippen molar-refractivity contribution in [1.29, 1.82) is 0 Å². The number of H-pyrrole nitrogens is 1. The number of nitrogens with one attached hydrogen (secondary N) is 3. The maximum absolute atomic E-state index is 12.9. The van der Waals surface area contributed by atoms with Gasteiger partial charge in [-0.1, -0.05) is 11.8 Å². The summed E-state index contributed by atoms with van der Waals surface area (Å²) in [6, 6.07) is 5.07. The van der Waals surface area contributed by atoms with E-state index in [1.165, 1.54) is 18.3 Å². The lowest BCUT2D eigenvalue weighted by molar-refractivity contribution is -0.139. The Bertz CT molecular complexity index is 2200. The normalized spacial score (nSPS) is 11.6. The van der Waals surface area contributed by atoms with Gasteiger partial charge >= 0.3 is 5.97 Å². The highest BCUT2D eigenvalue weighted by atomic mass is 16.6. The Kier molecular flexibility index (Phi) is 29.7. The van der Waals surface area contributed by atoms with Gasteiger partial charge in [-0.2, -0.15) is 4.98 Å². The number of aromatic nitrogens is 4. The van der Waals surface area contributed by atoms with Crippen LogP contribution in [-0.2, 0) is 58.8 Å². The van der Waals surface area contributed by atoms with Gasteiger partial charge in [-0.25, -0.2) is 14.8 Å². The van der Waals surface area contributed by atoms with Crippen LogP contribution in [0.3, 0.4) is 0 Å². The first-order valence-electron chi connectivity index (χ1n) is 23.3. The van der Waals surface area contributed by atoms with E-state index in [2.05, 4.69) is 48.3 Å². The maximum atomic E-state index is 12.9. The first kappa shape index (κ1) is 59.0. The molecule has 386 valence electrons. The second-order valence-corrected chi connectivity index (χ2v) is 16.1. The van der Waals surface area contributed by atoms with Crippen molar-refractivity contribution < 1.29 is 62.2 Å². The topological polar surface area (TPSA) is 284 Å². The molecule has 1 atom stereocenters. The molecule has 2 aromatic heterocycles. The molecular weight excluding hydrogens is 923 g/mol. The number of benzene rings is 1. The van der Waals surface area contributed by atoms with Crippen molar-refractivity contribution in [3.05, 3.63) is 52.1 Å². The van der Waals surface area contributed by atoms with Crippen molar-refractivity contribution >= 4 is 46.2 Å². The van der Waals surface area contributed by atoms with E-state index in [-0.39, 0.29) is 106 Å². The number of carbonyl (C=O) groups excluding carboxylic acids is 3. The number of nitrogens with zero attached hydrogens (tertiary/aromatic N) is 3. The number of Topliss-reactive ketones (excluding diaryl/α,β-unsaturated/α-hetero) is 2. The lowest BCUT2D eigenvalue weighted by atomic mass is 9.79. The lowest BCUT2D eigenvalue weighted by Gasteiger charge is -2.32. The monoisotopic (exact) mass is 989 g/mol. The van der Waals surface area contributed by atoms with Gasteiger partial charge < -0.3 is 59.4 Å². The summed E-state index contributed by atoms with van der Waals surface area (Å²) in [7, 11) is 0. The number of terminal acetylenes is 3. The van der Waals surface area contributed by atoms with Crippen LogP contribution in [0, 0.1) is 42.4 Å². The summed E-state index contributed by atoms with van der Waals surface area (Å²) in [5.74, 6) is 5.49. The Morgan fingerprint density at radius 2 is 1.30 bits per heavy atom. The molecular formula is C50H67N7O14. The van der Waals surface area contributed by atoms with E-state index in [9.17, 15) is 29.1 Å². The van der Waals surface area contributed by atoms with Crippen LogP contribution in [-0.4, -0.2) is 160 Å². The number of rotatable bonds is 42. The lowest BCUT2D eigenvalue weighted by Crippen LogP contribution is -2.41. The van der Waals surface area contributed by atoms with Crippen molar-refractivity contribution in [1.82, 2.24) is 25.3 Å². The van der Waals surface area contributed by atoms with E-state index in [0.717, 1.165) is 0 Å². The number of carboxylic acid groups (broad SMARTS) is 1. The van der Waals surface area contributed by atoms with Crippen LogP contribution in [0.5, 0.6) is 0 Å². The van der Waals surface area contributed by atoms with E-state index in [4.69, 9.17) is 62.9 Å². The number of nitrogen functional groups attached to an aromatic ring is 1. The molecule has 0 spiro atoms. The fourth-order valence-electron chi connectivity index (χ4n) is 6.78. The second-order valence-electron chi connectivity index (χ2n) is 16.1. The van der Waals surface area contributed by atoms with Crippen LogP contribution in [0.1, 0.15) is 73.8 Å². The number of nitrogens with two attached hydrogens (primary N) is 1. The summed E-state index contributed by atoms with van der Waals surface area (Å²) in [6.07, 6.45) is 20.5. The largest absolute Gasteiger partial charge is 0.480 e. The predicted molar refractivity (Wildman–Crippen MR) is 262 cm³/mol. The molecule has 0 radical (unpaired) electrons. The average molecular weight is 990 g/mol. The minimum absolute atomic E-state index is 0.0165. The summed E-state index contributed by atoms with van der Waals surface area (Å²) in [5, 5.41) is 15.3. The van der Waals surface area contributed by atoms with E-state index in [0.29, 0.717) is 110 Å². The number of amides is 1. The zero-order valence-electron chi connectivity index (χ0n) is 40.3. The summed E-state index contributed by atoms with van der Waals surface area (Å²) in [5.41, 5.74) is 5.97. The molecule has 0 saturated heterocycles. The number of ether oxygens (including phenoxy) is 8. The highest BCUT2D eigenvalue weighted by Crippen LogP contribution is 2.31. The third-order valence-corrected chi connectivity index (χ3v) is 10.3. The van der Waals surface area contributed by atoms with Gasteiger partial charge in [0.1, 0.15) is 30.8 Å². The van der Waals surface area contributed by atoms with Crippen LogP contribution in [0.15, 0.2) is 35.3 Å². The molecule has 1 aromatic carbocycles. The Balaban J connectivity index is 1.12. The molecule has 0 unspecified atom stereocenters. The third kappa shape index (κ3) is 25.4. The molecule has 0 aliphatic heterocycles. The predicted octanol–water partition coefficient (Wildman–Crippen LogP) is 2.76. The number of carboxylic acids is 1. The van der Waals surface area contributed by atoms with Gasteiger partial charge in [-0.05, 0) is 49.9 Å². The molecule has 0 saturated carbocycles. The number of carbonyl (C=O) groups is 4. The number of ketones is 2. The van der Waals surface area contributed by atoms with E-state index in [1.54, 1.807) is 12.1 Å². The first-order valence-corrected chi connectivity index (χ1v) is 23.3. The number of fused-ring (bicyclic) bond motifs is 1. The van der Waals surface area contributed by atoms with Crippen molar-refractivity contribution in [2.24, 2.45) is 5.41 Å². The van der Waals surface area contributed by atoms with Crippen molar-refractivity contribution in [2.75, 3.05) is 117 Å². The zero-order chi connectivity index (χ0) is 51.4. The van der Waals surface area contributed by atoms with E-state index in [1.807, 2.05) is 0 Å². The highest BCUT2D eigenvalue weighted by molar-refractivity contribution is 5.97. The number of aromatic amines is 1. The van der Waals surface area contributed by atoms with Gasteiger partial charge in [0.25, 0.3) is 11.5 Å². The summed E-state index contributed by atoms with van der Waals surface area (Å²) in [6.45, 7) is 5.28. The Labute approximate surface area is 414 Å². The van der Waals surface area contributed by atoms with Crippen LogP contribution in [0.25, 0.3) is 11.2 Å². The maximum Gasteiger partial charge on any atom is 0.326 e. The number of hydrogen-bond donors (Lipinski definition) is 5. The first-order chi connectivity index (χ1) is 34.5. The Morgan fingerprint density at radius 1 is 0.718 bits per heavy atom. The number of anilines is 2. The molecule has 0 aliphatic carbocycles. The summed E-state index contributed by atoms with van der Waals surface area (Å²) < 4.78 is 44.4. The van der Waals surface area contributed by atoms with Crippen LogP contribution in [0.2, 0.25) is 0 Å². The van der Waals surface area contributed by atoms with Crippen molar-refractivity contribution in [3.8, 4) is 37.0 Å². The third-order valence-electron chi connectivity index (χ3n) is 10.3. The smallest absolute Gasteiger partial charge is 0.326 e. The SMILES string of the molecule is C#CCCCC(COCC#C)(COCC#C)CC(=O)CCOCCOCCOCCOCCOCCOCCCC(=O)CC[C@H](NC(=O)c1ccc(NCc2cnc3nc(N)[nH]c(=O)c3n2)cc1)C(=O)O. The fraction of sp³-hybridized carbons (Fsp3) is 0.560.